The lowest BCUT2D eigenvalue weighted by atomic mass is 10.0. The third kappa shape index (κ3) is 4.34. The van der Waals surface area contributed by atoms with Crippen molar-refractivity contribution in [3.05, 3.63) is 29.6 Å². The van der Waals surface area contributed by atoms with Gasteiger partial charge < -0.3 is 5.11 Å². The molecule has 0 aliphatic heterocycles. The van der Waals surface area contributed by atoms with Gasteiger partial charge >= 0.3 is 6.18 Å². The minimum Gasteiger partial charge on any atom is -0.387 e. The van der Waals surface area contributed by atoms with Crippen molar-refractivity contribution in [2.24, 2.45) is 5.92 Å². The molecule has 0 bridgehead atoms. The molecule has 0 saturated heterocycles. The molecule has 1 aromatic heterocycles. The van der Waals surface area contributed by atoms with E-state index in [1.54, 1.807) is 0 Å². The van der Waals surface area contributed by atoms with E-state index in [-0.39, 0.29) is 0 Å². The van der Waals surface area contributed by atoms with Crippen molar-refractivity contribution in [2.75, 3.05) is 0 Å². The predicted molar refractivity (Wildman–Crippen MR) is 58.3 cm³/mol. The van der Waals surface area contributed by atoms with E-state index < -0.39 is 17.8 Å². The lowest BCUT2D eigenvalue weighted by molar-refractivity contribution is -0.137. The zero-order valence-corrected chi connectivity index (χ0v) is 9.83. The molecular weight excluding hydrogens is 231 g/mol. The third-order valence-corrected chi connectivity index (χ3v) is 2.47. The van der Waals surface area contributed by atoms with Crippen LogP contribution in [0.2, 0.25) is 0 Å². The van der Waals surface area contributed by atoms with E-state index in [0.29, 0.717) is 18.0 Å². The lowest BCUT2D eigenvalue weighted by Gasteiger charge is -2.12. The zero-order chi connectivity index (χ0) is 13.1. The summed E-state index contributed by atoms with van der Waals surface area (Å²) in [6.45, 7) is 4.04. The van der Waals surface area contributed by atoms with Crippen molar-refractivity contribution in [3.8, 4) is 0 Å². The lowest BCUT2D eigenvalue weighted by Crippen LogP contribution is -2.08. The number of alkyl halides is 3. The number of aliphatic hydroxyl groups is 1. The van der Waals surface area contributed by atoms with E-state index >= 15 is 0 Å². The average Bonchev–Trinajstić information content (AvgIpc) is 2.25. The van der Waals surface area contributed by atoms with Crippen LogP contribution in [-0.2, 0) is 6.18 Å². The zero-order valence-electron chi connectivity index (χ0n) is 9.83. The van der Waals surface area contributed by atoms with Gasteiger partial charge in [-0.3, -0.25) is 4.98 Å². The molecule has 96 valence electrons. The first-order valence-corrected chi connectivity index (χ1v) is 5.52. The molecule has 0 fully saturated rings. The number of aliphatic hydroxyl groups excluding tert-OH is 1. The molecule has 1 heterocycles. The summed E-state index contributed by atoms with van der Waals surface area (Å²) in [4.78, 5) is 3.65. The van der Waals surface area contributed by atoms with Gasteiger partial charge in [0.05, 0.1) is 17.4 Å². The molecule has 1 aromatic rings. The first-order valence-electron chi connectivity index (χ1n) is 5.52. The highest BCUT2D eigenvalue weighted by Crippen LogP contribution is 2.29. The second-order valence-electron chi connectivity index (χ2n) is 4.46. The standard InChI is InChI=1S/C12H16F3NO/c1-8(2)3-6-11(17)10-5-4-9(7-16-10)12(13,14)15/h4-5,7-8,11,17H,3,6H2,1-2H3. The van der Waals surface area contributed by atoms with Crippen molar-refractivity contribution in [1.29, 1.82) is 0 Å². The molecule has 0 aliphatic rings. The van der Waals surface area contributed by atoms with Gasteiger partial charge in [0.25, 0.3) is 0 Å². The van der Waals surface area contributed by atoms with Crippen LogP contribution >= 0.6 is 0 Å². The molecule has 0 amide bonds. The quantitative estimate of drug-likeness (QED) is 0.882. The van der Waals surface area contributed by atoms with Crippen molar-refractivity contribution in [3.63, 3.8) is 0 Å². The van der Waals surface area contributed by atoms with Gasteiger partial charge in [-0.1, -0.05) is 13.8 Å². The van der Waals surface area contributed by atoms with Gasteiger partial charge in [-0.25, -0.2) is 0 Å². The van der Waals surface area contributed by atoms with E-state index in [9.17, 15) is 18.3 Å². The van der Waals surface area contributed by atoms with E-state index in [1.807, 2.05) is 13.8 Å². The fourth-order valence-corrected chi connectivity index (χ4v) is 1.41. The summed E-state index contributed by atoms with van der Waals surface area (Å²) in [6, 6.07) is 2.18. The van der Waals surface area contributed by atoms with Gasteiger partial charge in [-0.05, 0) is 30.9 Å². The highest BCUT2D eigenvalue weighted by Gasteiger charge is 2.30. The van der Waals surface area contributed by atoms with E-state index in [2.05, 4.69) is 4.98 Å². The maximum absolute atomic E-state index is 12.3. The molecule has 17 heavy (non-hydrogen) atoms. The Morgan fingerprint density at radius 3 is 2.29 bits per heavy atom. The summed E-state index contributed by atoms with van der Waals surface area (Å²) in [5, 5.41) is 9.72. The molecule has 5 heteroatoms. The van der Waals surface area contributed by atoms with Gasteiger partial charge in [0, 0.05) is 6.20 Å². The Hall–Kier alpha value is -1.10. The Kier molecular flexibility index (Phi) is 4.51. The number of rotatable bonds is 4. The fraction of sp³-hybridized carbons (Fsp3) is 0.583. The Balaban J connectivity index is 2.67. The predicted octanol–water partition coefficient (Wildman–Crippen LogP) is 3.57. The summed E-state index contributed by atoms with van der Waals surface area (Å²) < 4.78 is 36.8. The van der Waals surface area contributed by atoms with E-state index in [4.69, 9.17) is 0 Å². The molecule has 0 spiro atoms. The Bertz CT molecular complexity index is 346. The SMILES string of the molecule is CC(C)CCC(O)c1ccc(C(F)(F)F)cn1. The van der Waals surface area contributed by atoms with Crippen molar-refractivity contribution in [2.45, 2.75) is 39.0 Å². The Labute approximate surface area is 98.5 Å². The van der Waals surface area contributed by atoms with Gasteiger partial charge in [-0.2, -0.15) is 13.2 Å². The van der Waals surface area contributed by atoms with Crippen LogP contribution in [0.3, 0.4) is 0 Å². The van der Waals surface area contributed by atoms with Crippen LogP contribution in [0, 0.1) is 5.92 Å². The normalized spacial score (nSPS) is 14.1. The molecule has 1 unspecified atom stereocenters. The number of halogens is 3. The second-order valence-corrected chi connectivity index (χ2v) is 4.46. The topological polar surface area (TPSA) is 33.1 Å². The van der Waals surface area contributed by atoms with Crippen molar-refractivity contribution in [1.82, 2.24) is 4.98 Å². The average molecular weight is 247 g/mol. The molecule has 0 radical (unpaired) electrons. The highest BCUT2D eigenvalue weighted by atomic mass is 19.4. The molecule has 0 aliphatic carbocycles. The van der Waals surface area contributed by atoms with Crippen molar-refractivity contribution < 1.29 is 18.3 Å². The van der Waals surface area contributed by atoms with Crippen LogP contribution in [0.15, 0.2) is 18.3 Å². The van der Waals surface area contributed by atoms with Crippen LogP contribution in [0.25, 0.3) is 0 Å². The molecule has 2 nitrogen and oxygen atoms in total. The van der Waals surface area contributed by atoms with Crippen LogP contribution in [0.1, 0.15) is 44.1 Å². The summed E-state index contributed by atoms with van der Waals surface area (Å²) in [7, 11) is 0. The number of nitrogens with zero attached hydrogens (tertiary/aromatic N) is 1. The second kappa shape index (κ2) is 5.49. The fourth-order valence-electron chi connectivity index (χ4n) is 1.41. The first-order chi connectivity index (χ1) is 7.80. The van der Waals surface area contributed by atoms with Crippen LogP contribution in [0.4, 0.5) is 13.2 Å². The molecule has 1 atom stereocenters. The van der Waals surface area contributed by atoms with Crippen LogP contribution in [0.5, 0.6) is 0 Å². The summed E-state index contributed by atoms with van der Waals surface area (Å²) in [5.41, 5.74) is -0.504. The minimum absolute atomic E-state index is 0.290. The van der Waals surface area contributed by atoms with Crippen molar-refractivity contribution >= 4 is 0 Å². The smallest absolute Gasteiger partial charge is 0.387 e. The van der Waals surface area contributed by atoms with Gasteiger partial charge in [0.1, 0.15) is 0 Å². The maximum Gasteiger partial charge on any atom is 0.417 e. The molecule has 1 rings (SSSR count). The third-order valence-electron chi connectivity index (χ3n) is 2.47. The summed E-state index contributed by atoms with van der Waals surface area (Å²) in [5.74, 6) is 0.444. The number of hydrogen-bond acceptors (Lipinski definition) is 2. The summed E-state index contributed by atoms with van der Waals surface area (Å²) in [6.07, 6.45) is -3.10. The number of pyridine rings is 1. The maximum atomic E-state index is 12.3. The molecule has 0 aromatic carbocycles. The number of aromatic nitrogens is 1. The first kappa shape index (κ1) is 14.0. The van der Waals surface area contributed by atoms with E-state index in [1.165, 1.54) is 6.07 Å². The molecule has 0 saturated carbocycles. The Morgan fingerprint density at radius 2 is 1.88 bits per heavy atom. The van der Waals surface area contributed by atoms with E-state index in [0.717, 1.165) is 18.7 Å². The van der Waals surface area contributed by atoms with Crippen LogP contribution in [-0.4, -0.2) is 10.1 Å². The monoisotopic (exact) mass is 247 g/mol. The largest absolute Gasteiger partial charge is 0.417 e. The summed E-state index contributed by atoms with van der Waals surface area (Å²) >= 11 is 0. The van der Waals surface area contributed by atoms with Crippen LogP contribution < -0.4 is 0 Å². The number of hydrogen-bond donors (Lipinski definition) is 1. The van der Waals surface area contributed by atoms with Gasteiger partial charge in [0.2, 0.25) is 0 Å². The molecular formula is C12H16F3NO. The minimum atomic E-state index is -4.38. The Morgan fingerprint density at radius 1 is 1.24 bits per heavy atom. The highest BCUT2D eigenvalue weighted by molar-refractivity contribution is 5.18. The van der Waals surface area contributed by atoms with Gasteiger partial charge in [0.15, 0.2) is 0 Å². The van der Waals surface area contributed by atoms with Gasteiger partial charge in [-0.15, -0.1) is 0 Å². The molecule has 1 N–H and O–H groups in total.